The number of halogens is 4. The minimum absolute atomic E-state index is 0.00607. The van der Waals surface area contributed by atoms with Gasteiger partial charge in [-0.25, -0.2) is 14.6 Å². The normalized spacial score (nSPS) is 14.5. The third kappa shape index (κ3) is 5.74. The summed E-state index contributed by atoms with van der Waals surface area (Å²) >= 11 is 6.25. The second-order valence-electron chi connectivity index (χ2n) is 9.10. The average molecular weight is 557 g/mol. The number of aryl methyl sites for hydroxylation is 1. The van der Waals surface area contributed by atoms with Gasteiger partial charge in [-0.3, -0.25) is 4.90 Å². The number of alkyl halides is 3. The molecule has 0 spiro atoms. The number of rotatable bonds is 7. The lowest BCUT2D eigenvalue weighted by atomic mass is 10.1. The Kier molecular flexibility index (Phi) is 7.54. The van der Waals surface area contributed by atoms with Crippen LogP contribution in [0.1, 0.15) is 17.7 Å². The Labute approximate surface area is 227 Å². The van der Waals surface area contributed by atoms with E-state index in [9.17, 15) is 18.4 Å². The van der Waals surface area contributed by atoms with Crippen molar-refractivity contribution in [2.45, 2.75) is 12.6 Å². The first-order chi connectivity index (χ1) is 18.7. The fourth-order valence-electron chi connectivity index (χ4n) is 4.56. The number of nitriles is 1. The van der Waals surface area contributed by atoms with Crippen LogP contribution >= 0.6 is 11.6 Å². The van der Waals surface area contributed by atoms with Gasteiger partial charge in [0.1, 0.15) is 23.2 Å². The van der Waals surface area contributed by atoms with Gasteiger partial charge < -0.3 is 9.64 Å². The lowest BCUT2D eigenvalue weighted by molar-refractivity contribution is -0.138. The Morgan fingerprint density at radius 3 is 2.64 bits per heavy atom. The van der Waals surface area contributed by atoms with Gasteiger partial charge in [-0.2, -0.15) is 18.4 Å². The monoisotopic (exact) mass is 556 g/mol. The molecule has 0 saturated carbocycles. The number of pyridine rings is 2. The number of benzene rings is 1. The van der Waals surface area contributed by atoms with Gasteiger partial charge in [-0.1, -0.05) is 16.8 Å². The zero-order valence-electron chi connectivity index (χ0n) is 21.0. The number of fused-ring (bicyclic) bond motifs is 1. The summed E-state index contributed by atoms with van der Waals surface area (Å²) in [7, 11) is 1.63. The molecule has 5 rings (SSSR count). The summed E-state index contributed by atoms with van der Waals surface area (Å²) < 4.78 is 48.9. The molecule has 0 amide bonds. The van der Waals surface area contributed by atoms with Crippen molar-refractivity contribution in [2.24, 2.45) is 7.05 Å². The van der Waals surface area contributed by atoms with Gasteiger partial charge in [0, 0.05) is 51.5 Å². The van der Waals surface area contributed by atoms with E-state index in [1.165, 1.54) is 16.8 Å². The van der Waals surface area contributed by atoms with Crippen LogP contribution in [0.4, 0.5) is 19.0 Å². The predicted molar refractivity (Wildman–Crippen MR) is 139 cm³/mol. The predicted octanol–water partition coefficient (Wildman–Crippen LogP) is 4.56. The molecule has 1 saturated heterocycles. The molecular weight excluding hydrogens is 533 g/mol. The summed E-state index contributed by atoms with van der Waals surface area (Å²) in [5.41, 5.74) is 0.307. The van der Waals surface area contributed by atoms with Gasteiger partial charge in [0.15, 0.2) is 5.69 Å². The smallest absolute Gasteiger partial charge is 0.419 e. The van der Waals surface area contributed by atoms with Crippen LogP contribution in [-0.4, -0.2) is 69.2 Å². The van der Waals surface area contributed by atoms with Gasteiger partial charge in [0.2, 0.25) is 0 Å². The molecule has 1 aromatic carbocycles. The van der Waals surface area contributed by atoms with Gasteiger partial charge >= 0.3 is 6.18 Å². The molecule has 13 heteroatoms. The van der Waals surface area contributed by atoms with E-state index in [0.29, 0.717) is 29.0 Å². The highest BCUT2D eigenvalue weighted by atomic mass is 35.5. The van der Waals surface area contributed by atoms with E-state index in [-0.39, 0.29) is 29.3 Å². The Morgan fingerprint density at radius 2 is 1.92 bits per heavy atom. The number of hydrogen-bond acceptors (Lipinski definition) is 8. The highest BCUT2D eigenvalue weighted by Gasteiger charge is 2.35. The van der Waals surface area contributed by atoms with Crippen LogP contribution in [0.3, 0.4) is 0 Å². The maximum absolute atomic E-state index is 14.0. The summed E-state index contributed by atoms with van der Waals surface area (Å²) in [4.78, 5) is 12.9. The van der Waals surface area contributed by atoms with Gasteiger partial charge in [-0.05, 0) is 42.8 Å². The molecule has 39 heavy (non-hydrogen) atoms. The summed E-state index contributed by atoms with van der Waals surface area (Å²) in [5, 5.41) is 17.8. The number of aromatic nitrogens is 5. The first-order valence-corrected chi connectivity index (χ1v) is 12.6. The molecule has 1 aliphatic rings. The first-order valence-electron chi connectivity index (χ1n) is 12.3. The quantitative estimate of drug-likeness (QED) is 0.306. The van der Waals surface area contributed by atoms with E-state index in [4.69, 9.17) is 16.3 Å². The SMILES string of the molecule is Cn1nnc2c(C#N)nc(-c3ccc(OCCCN4CCN(c5ncccc5Cl)CC4)c(C(F)(F)F)c3)cc21. The Hall–Kier alpha value is -3.95. The van der Waals surface area contributed by atoms with E-state index >= 15 is 0 Å². The molecular formula is C26H24ClF3N8O. The number of nitrogens with zero attached hydrogens (tertiary/aromatic N) is 8. The molecule has 202 valence electrons. The molecule has 0 N–H and O–H groups in total. The van der Waals surface area contributed by atoms with Crippen molar-refractivity contribution in [3.63, 3.8) is 0 Å². The minimum Gasteiger partial charge on any atom is -0.493 e. The topological polar surface area (TPSA) is 96.0 Å². The van der Waals surface area contributed by atoms with Crippen molar-refractivity contribution in [3.05, 3.63) is 58.9 Å². The highest BCUT2D eigenvalue weighted by molar-refractivity contribution is 6.32. The number of ether oxygens (including phenoxy) is 1. The summed E-state index contributed by atoms with van der Waals surface area (Å²) in [6.45, 7) is 3.95. The van der Waals surface area contributed by atoms with Gasteiger partial charge in [-0.15, -0.1) is 5.10 Å². The van der Waals surface area contributed by atoms with E-state index in [1.54, 1.807) is 25.4 Å². The molecule has 4 aromatic rings. The molecule has 0 radical (unpaired) electrons. The van der Waals surface area contributed by atoms with Crippen molar-refractivity contribution in [1.82, 2.24) is 29.9 Å². The minimum atomic E-state index is -4.63. The van der Waals surface area contributed by atoms with Crippen molar-refractivity contribution < 1.29 is 17.9 Å². The molecule has 0 atom stereocenters. The van der Waals surface area contributed by atoms with Crippen molar-refractivity contribution >= 4 is 28.5 Å². The largest absolute Gasteiger partial charge is 0.493 e. The number of hydrogen-bond donors (Lipinski definition) is 0. The zero-order chi connectivity index (χ0) is 27.6. The van der Waals surface area contributed by atoms with Crippen molar-refractivity contribution in [1.29, 1.82) is 5.26 Å². The fraction of sp³-hybridized carbons (Fsp3) is 0.346. The Bertz CT molecular complexity index is 1530. The van der Waals surface area contributed by atoms with Crippen molar-refractivity contribution in [2.75, 3.05) is 44.2 Å². The molecule has 0 unspecified atom stereocenters. The number of anilines is 1. The van der Waals surface area contributed by atoms with Crippen LogP contribution in [0.15, 0.2) is 42.6 Å². The summed E-state index contributed by atoms with van der Waals surface area (Å²) in [6.07, 6.45) is -2.35. The second kappa shape index (κ2) is 11.0. The maximum Gasteiger partial charge on any atom is 0.419 e. The van der Waals surface area contributed by atoms with E-state index in [0.717, 1.165) is 38.1 Å². The summed E-state index contributed by atoms with van der Waals surface area (Å²) in [6, 6.07) is 10.9. The standard InChI is InChI=1S/C26H24ClF3N8O/c1-36-22-15-20(33-21(16-31)24(22)34-35-36)17-5-6-23(18(14-17)26(28,29)30)39-13-3-8-37-9-11-38(12-10-37)25-19(27)4-2-7-32-25/h2,4-7,14-15H,3,8-13H2,1H3. The molecule has 4 heterocycles. The molecule has 9 nitrogen and oxygen atoms in total. The van der Waals surface area contributed by atoms with Crippen LogP contribution in [0.25, 0.3) is 22.3 Å². The van der Waals surface area contributed by atoms with Crippen LogP contribution in [-0.2, 0) is 13.2 Å². The van der Waals surface area contributed by atoms with E-state index in [1.807, 2.05) is 12.1 Å². The van der Waals surface area contributed by atoms with Crippen LogP contribution in [0.2, 0.25) is 5.02 Å². The molecule has 0 bridgehead atoms. The Balaban J connectivity index is 1.23. The second-order valence-corrected chi connectivity index (χ2v) is 9.50. The molecule has 3 aromatic heterocycles. The molecule has 1 fully saturated rings. The fourth-order valence-corrected chi connectivity index (χ4v) is 4.80. The van der Waals surface area contributed by atoms with Gasteiger partial charge in [0.25, 0.3) is 0 Å². The molecule has 0 aliphatic carbocycles. The van der Waals surface area contributed by atoms with Gasteiger partial charge in [0.05, 0.1) is 28.4 Å². The van der Waals surface area contributed by atoms with E-state index in [2.05, 4.69) is 30.1 Å². The van der Waals surface area contributed by atoms with Crippen LogP contribution in [0.5, 0.6) is 5.75 Å². The van der Waals surface area contributed by atoms with Crippen molar-refractivity contribution in [3.8, 4) is 23.1 Å². The zero-order valence-corrected chi connectivity index (χ0v) is 21.7. The highest BCUT2D eigenvalue weighted by Crippen LogP contribution is 2.39. The third-order valence-corrected chi connectivity index (χ3v) is 6.87. The molecule has 1 aliphatic heterocycles. The van der Waals surface area contributed by atoms with Crippen LogP contribution in [0, 0.1) is 11.3 Å². The first kappa shape index (κ1) is 26.6. The van der Waals surface area contributed by atoms with Crippen LogP contribution < -0.4 is 9.64 Å². The average Bonchev–Trinajstić information content (AvgIpc) is 3.31. The van der Waals surface area contributed by atoms with E-state index < -0.39 is 11.7 Å². The lowest BCUT2D eigenvalue weighted by Gasteiger charge is -2.35. The lowest BCUT2D eigenvalue weighted by Crippen LogP contribution is -2.47. The maximum atomic E-state index is 14.0. The Morgan fingerprint density at radius 1 is 1.13 bits per heavy atom. The summed E-state index contributed by atoms with van der Waals surface area (Å²) in [5.74, 6) is 0.519. The number of piperazine rings is 1. The third-order valence-electron chi connectivity index (χ3n) is 6.57.